The van der Waals surface area contributed by atoms with E-state index in [9.17, 15) is 19.2 Å². The summed E-state index contributed by atoms with van der Waals surface area (Å²) in [7, 11) is 3.00. The fourth-order valence-electron chi connectivity index (χ4n) is 3.22. The summed E-state index contributed by atoms with van der Waals surface area (Å²) < 4.78 is 15.2. The number of imide groups is 1. The molecule has 0 unspecified atom stereocenters. The molecule has 0 aromatic heterocycles. The standard InChI is InChI=1S/C22H23N3O7/c1-22(15-8-10-16(30-2)11-9-15)20(28)25(21(29)23-22)24-18(26)13-32-19(27)12-14-6-4-5-7-17(14)31-3/h4-11H,12-13H2,1-3H3,(H,23,29)(H,24,26)/t22-/m0/s1. The number of nitrogens with zero attached hydrogens (tertiary/aromatic N) is 1. The predicted octanol–water partition coefficient (Wildman–Crippen LogP) is 1.29. The molecule has 10 heteroatoms. The maximum absolute atomic E-state index is 12.9. The molecule has 0 bridgehead atoms. The lowest BCUT2D eigenvalue weighted by Gasteiger charge is -2.22. The Labute approximate surface area is 184 Å². The zero-order valence-corrected chi connectivity index (χ0v) is 17.8. The van der Waals surface area contributed by atoms with E-state index in [0.717, 1.165) is 0 Å². The second kappa shape index (κ2) is 9.38. The van der Waals surface area contributed by atoms with Gasteiger partial charge in [0, 0.05) is 5.56 Å². The number of benzene rings is 2. The molecule has 0 saturated carbocycles. The number of hydrogen-bond donors (Lipinski definition) is 2. The van der Waals surface area contributed by atoms with Gasteiger partial charge in [-0.3, -0.25) is 19.8 Å². The smallest absolute Gasteiger partial charge is 0.344 e. The Morgan fingerprint density at radius 1 is 1.03 bits per heavy atom. The minimum Gasteiger partial charge on any atom is -0.497 e. The average Bonchev–Trinajstić information content (AvgIpc) is 3.02. The maximum atomic E-state index is 12.9. The molecule has 10 nitrogen and oxygen atoms in total. The number of amides is 4. The Morgan fingerprint density at radius 2 is 1.72 bits per heavy atom. The van der Waals surface area contributed by atoms with Crippen LogP contribution in [0.1, 0.15) is 18.1 Å². The van der Waals surface area contributed by atoms with Crippen LogP contribution in [0.3, 0.4) is 0 Å². The van der Waals surface area contributed by atoms with Crippen molar-refractivity contribution in [2.24, 2.45) is 0 Å². The summed E-state index contributed by atoms with van der Waals surface area (Å²) in [5.74, 6) is -1.06. The topological polar surface area (TPSA) is 123 Å². The van der Waals surface area contributed by atoms with E-state index in [1.54, 1.807) is 48.5 Å². The molecule has 0 radical (unpaired) electrons. The molecule has 2 aromatic rings. The molecule has 2 aromatic carbocycles. The number of nitrogens with one attached hydrogen (secondary N) is 2. The second-order valence-corrected chi connectivity index (χ2v) is 7.11. The number of ether oxygens (including phenoxy) is 3. The van der Waals surface area contributed by atoms with Crippen molar-refractivity contribution in [2.75, 3.05) is 20.8 Å². The molecule has 1 fully saturated rings. The molecular weight excluding hydrogens is 418 g/mol. The van der Waals surface area contributed by atoms with Crippen LogP contribution in [0.4, 0.5) is 4.79 Å². The van der Waals surface area contributed by atoms with E-state index < -0.39 is 36.0 Å². The van der Waals surface area contributed by atoms with Crippen molar-refractivity contribution < 1.29 is 33.4 Å². The number of carbonyl (C=O) groups excluding carboxylic acids is 4. The largest absolute Gasteiger partial charge is 0.497 e. The van der Waals surface area contributed by atoms with Crippen LogP contribution >= 0.6 is 0 Å². The summed E-state index contributed by atoms with van der Waals surface area (Å²) >= 11 is 0. The monoisotopic (exact) mass is 441 g/mol. The normalized spacial score (nSPS) is 17.5. The minimum absolute atomic E-state index is 0.101. The van der Waals surface area contributed by atoms with E-state index in [1.807, 2.05) is 0 Å². The van der Waals surface area contributed by atoms with Crippen LogP contribution in [-0.4, -0.2) is 49.7 Å². The van der Waals surface area contributed by atoms with Gasteiger partial charge in [0.15, 0.2) is 6.61 Å². The summed E-state index contributed by atoms with van der Waals surface area (Å²) in [4.78, 5) is 49.4. The van der Waals surface area contributed by atoms with Crippen molar-refractivity contribution in [3.8, 4) is 11.5 Å². The van der Waals surface area contributed by atoms with Crippen LogP contribution in [0, 0.1) is 0 Å². The van der Waals surface area contributed by atoms with Gasteiger partial charge in [0.2, 0.25) is 0 Å². The number of hydrazine groups is 1. The number of rotatable bonds is 8. The van der Waals surface area contributed by atoms with Gasteiger partial charge in [0.05, 0.1) is 20.6 Å². The van der Waals surface area contributed by atoms with Gasteiger partial charge in [-0.2, -0.15) is 5.01 Å². The van der Waals surface area contributed by atoms with Crippen molar-refractivity contribution in [1.82, 2.24) is 15.8 Å². The van der Waals surface area contributed by atoms with Crippen LogP contribution in [0.5, 0.6) is 11.5 Å². The highest BCUT2D eigenvalue weighted by Gasteiger charge is 2.50. The summed E-state index contributed by atoms with van der Waals surface area (Å²) in [6.45, 7) is 0.860. The third kappa shape index (κ3) is 4.64. The molecule has 1 atom stereocenters. The lowest BCUT2D eigenvalue weighted by Crippen LogP contribution is -2.49. The third-order valence-corrected chi connectivity index (χ3v) is 4.99. The van der Waals surface area contributed by atoms with Crippen molar-refractivity contribution in [3.63, 3.8) is 0 Å². The lowest BCUT2D eigenvalue weighted by atomic mass is 9.92. The van der Waals surface area contributed by atoms with Gasteiger partial charge < -0.3 is 19.5 Å². The highest BCUT2D eigenvalue weighted by atomic mass is 16.5. The zero-order valence-electron chi connectivity index (χ0n) is 17.8. The van der Waals surface area contributed by atoms with Gasteiger partial charge in [-0.25, -0.2) is 4.79 Å². The Kier molecular flexibility index (Phi) is 6.62. The fraction of sp³-hybridized carbons (Fsp3) is 0.273. The Morgan fingerprint density at radius 3 is 2.38 bits per heavy atom. The van der Waals surface area contributed by atoms with Crippen LogP contribution in [0.15, 0.2) is 48.5 Å². The summed E-state index contributed by atoms with van der Waals surface area (Å²) in [6.07, 6.45) is -0.101. The van der Waals surface area contributed by atoms with Crippen molar-refractivity contribution in [1.29, 1.82) is 0 Å². The molecule has 0 aliphatic carbocycles. The van der Waals surface area contributed by atoms with Gasteiger partial charge in [0.1, 0.15) is 17.0 Å². The first-order valence-electron chi connectivity index (χ1n) is 9.66. The molecule has 32 heavy (non-hydrogen) atoms. The number of esters is 1. The number of carbonyl (C=O) groups is 4. The average molecular weight is 441 g/mol. The minimum atomic E-state index is -1.38. The van der Waals surface area contributed by atoms with Gasteiger partial charge >= 0.3 is 12.0 Å². The zero-order chi connectivity index (χ0) is 23.3. The fourth-order valence-corrected chi connectivity index (χ4v) is 3.22. The first-order valence-corrected chi connectivity index (χ1v) is 9.66. The molecule has 1 heterocycles. The van der Waals surface area contributed by atoms with Gasteiger partial charge in [0.25, 0.3) is 11.8 Å². The molecule has 1 aliphatic rings. The van der Waals surface area contributed by atoms with E-state index >= 15 is 0 Å². The van der Waals surface area contributed by atoms with Gasteiger partial charge in [-0.05, 0) is 30.7 Å². The molecule has 3 rings (SSSR count). The second-order valence-electron chi connectivity index (χ2n) is 7.11. The Bertz CT molecular complexity index is 1040. The van der Waals surface area contributed by atoms with Gasteiger partial charge in [-0.1, -0.05) is 30.3 Å². The van der Waals surface area contributed by atoms with Crippen molar-refractivity contribution in [2.45, 2.75) is 18.9 Å². The van der Waals surface area contributed by atoms with E-state index in [-0.39, 0.29) is 6.42 Å². The van der Waals surface area contributed by atoms with E-state index in [1.165, 1.54) is 21.1 Å². The van der Waals surface area contributed by atoms with Crippen LogP contribution in [0.2, 0.25) is 0 Å². The van der Waals surface area contributed by atoms with Crippen molar-refractivity contribution in [3.05, 3.63) is 59.7 Å². The van der Waals surface area contributed by atoms with Crippen molar-refractivity contribution >= 4 is 23.8 Å². The molecule has 4 amide bonds. The third-order valence-electron chi connectivity index (χ3n) is 4.99. The summed E-state index contributed by atoms with van der Waals surface area (Å²) in [5, 5.41) is 3.13. The van der Waals surface area contributed by atoms with Crippen LogP contribution in [0.25, 0.3) is 0 Å². The van der Waals surface area contributed by atoms with Crippen LogP contribution in [-0.2, 0) is 31.1 Å². The summed E-state index contributed by atoms with van der Waals surface area (Å²) in [5.41, 5.74) is 1.91. The first kappa shape index (κ1) is 22.6. The molecule has 0 spiro atoms. The maximum Gasteiger partial charge on any atom is 0.344 e. The number of methoxy groups -OCH3 is 2. The quantitative estimate of drug-likeness (QED) is 0.467. The highest BCUT2D eigenvalue weighted by molar-refractivity contribution is 6.08. The lowest BCUT2D eigenvalue weighted by molar-refractivity contribution is -0.150. The Balaban J connectivity index is 1.58. The molecule has 1 aliphatic heterocycles. The van der Waals surface area contributed by atoms with Gasteiger partial charge in [-0.15, -0.1) is 0 Å². The number of urea groups is 1. The number of hydrogen-bond acceptors (Lipinski definition) is 7. The molecule has 168 valence electrons. The Hall–Kier alpha value is -4.08. The summed E-state index contributed by atoms with van der Waals surface area (Å²) in [6, 6.07) is 12.7. The van der Waals surface area contributed by atoms with E-state index in [4.69, 9.17) is 14.2 Å². The highest BCUT2D eigenvalue weighted by Crippen LogP contribution is 2.29. The first-order chi connectivity index (χ1) is 15.3. The van der Waals surface area contributed by atoms with Crippen LogP contribution < -0.4 is 20.2 Å². The van der Waals surface area contributed by atoms with E-state index in [2.05, 4.69) is 10.7 Å². The SMILES string of the molecule is COc1ccc([C@]2(C)NC(=O)N(NC(=O)COC(=O)Cc3ccccc3OC)C2=O)cc1. The number of para-hydroxylation sites is 1. The molecule has 1 saturated heterocycles. The predicted molar refractivity (Wildman–Crippen MR) is 112 cm³/mol. The molecular formula is C22H23N3O7. The van der Waals surface area contributed by atoms with E-state index in [0.29, 0.717) is 27.6 Å². The molecule has 2 N–H and O–H groups in total.